The van der Waals surface area contributed by atoms with E-state index in [2.05, 4.69) is 14.9 Å². The number of hydrogen-bond acceptors (Lipinski definition) is 6. The van der Waals surface area contributed by atoms with E-state index >= 15 is 0 Å². The SMILES string of the molecule is CCOc1cc(C)nc(N2CCCN(CC(=O)O)CC2)n1. The summed E-state index contributed by atoms with van der Waals surface area (Å²) >= 11 is 0. The van der Waals surface area contributed by atoms with Crippen LogP contribution in [0.1, 0.15) is 19.0 Å². The fourth-order valence-corrected chi connectivity index (χ4v) is 2.41. The van der Waals surface area contributed by atoms with Gasteiger partial charge in [0.1, 0.15) is 0 Å². The van der Waals surface area contributed by atoms with Crippen LogP contribution >= 0.6 is 0 Å². The van der Waals surface area contributed by atoms with E-state index in [1.165, 1.54) is 0 Å². The van der Waals surface area contributed by atoms with Crippen LogP contribution in [0.4, 0.5) is 5.95 Å². The number of hydrogen-bond donors (Lipinski definition) is 1. The van der Waals surface area contributed by atoms with E-state index in [0.29, 0.717) is 25.0 Å². The number of carbonyl (C=O) groups is 1. The van der Waals surface area contributed by atoms with Gasteiger partial charge in [-0.3, -0.25) is 9.69 Å². The smallest absolute Gasteiger partial charge is 0.317 e. The van der Waals surface area contributed by atoms with Crippen molar-refractivity contribution in [1.82, 2.24) is 14.9 Å². The van der Waals surface area contributed by atoms with E-state index in [1.807, 2.05) is 24.8 Å². The minimum atomic E-state index is -0.783. The van der Waals surface area contributed by atoms with Crippen molar-refractivity contribution in [2.45, 2.75) is 20.3 Å². The number of aryl methyl sites for hydroxylation is 1. The van der Waals surface area contributed by atoms with Crippen LogP contribution in [0.5, 0.6) is 5.88 Å². The Morgan fingerprint density at radius 2 is 2.14 bits per heavy atom. The maximum Gasteiger partial charge on any atom is 0.317 e. The molecule has 0 saturated carbocycles. The van der Waals surface area contributed by atoms with Crippen molar-refractivity contribution in [3.8, 4) is 5.88 Å². The second kappa shape index (κ2) is 7.21. The van der Waals surface area contributed by atoms with Gasteiger partial charge in [0.05, 0.1) is 13.2 Å². The molecular formula is C14H22N4O3. The van der Waals surface area contributed by atoms with E-state index in [0.717, 1.165) is 31.7 Å². The average molecular weight is 294 g/mol. The van der Waals surface area contributed by atoms with Gasteiger partial charge in [-0.15, -0.1) is 0 Å². The predicted octanol–water partition coefficient (Wildman–Crippen LogP) is 0.780. The maximum absolute atomic E-state index is 10.8. The van der Waals surface area contributed by atoms with E-state index in [-0.39, 0.29) is 6.54 Å². The lowest BCUT2D eigenvalue weighted by atomic mass is 10.4. The summed E-state index contributed by atoms with van der Waals surface area (Å²) in [7, 11) is 0. The van der Waals surface area contributed by atoms with E-state index in [4.69, 9.17) is 9.84 Å². The van der Waals surface area contributed by atoms with Gasteiger partial charge in [0, 0.05) is 37.9 Å². The molecule has 7 nitrogen and oxygen atoms in total. The Bertz CT molecular complexity index is 495. The maximum atomic E-state index is 10.8. The zero-order chi connectivity index (χ0) is 15.2. The summed E-state index contributed by atoms with van der Waals surface area (Å²) in [5.41, 5.74) is 0.870. The topological polar surface area (TPSA) is 78.8 Å². The molecule has 0 amide bonds. The molecule has 2 rings (SSSR count). The molecule has 1 aliphatic heterocycles. The summed E-state index contributed by atoms with van der Waals surface area (Å²) in [6.07, 6.45) is 0.897. The Morgan fingerprint density at radius 1 is 1.33 bits per heavy atom. The van der Waals surface area contributed by atoms with Crippen molar-refractivity contribution < 1.29 is 14.6 Å². The third-order valence-electron chi connectivity index (χ3n) is 3.34. The minimum Gasteiger partial charge on any atom is -0.480 e. The predicted molar refractivity (Wildman–Crippen MR) is 78.8 cm³/mol. The molecule has 1 saturated heterocycles. The first-order valence-electron chi connectivity index (χ1n) is 7.26. The van der Waals surface area contributed by atoms with Gasteiger partial charge in [-0.25, -0.2) is 4.98 Å². The van der Waals surface area contributed by atoms with Gasteiger partial charge in [-0.05, 0) is 20.3 Å². The summed E-state index contributed by atoms with van der Waals surface area (Å²) in [4.78, 5) is 23.7. The van der Waals surface area contributed by atoms with Crippen molar-refractivity contribution >= 4 is 11.9 Å². The Kier molecular flexibility index (Phi) is 5.32. The fraction of sp³-hybridized carbons (Fsp3) is 0.643. The highest BCUT2D eigenvalue weighted by molar-refractivity contribution is 5.69. The van der Waals surface area contributed by atoms with Crippen LogP contribution in [0.25, 0.3) is 0 Å². The first kappa shape index (κ1) is 15.5. The summed E-state index contributed by atoms with van der Waals surface area (Å²) in [5.74, 6) is 0.469. The number of nitrogens with zero attached hydrogens (tertiary/aromatic N) is 4. The second-order valence-corrected chi connectivity index (χ2v) is 5.09. The highest BCUT2D eigenvalue weighted by atomic mass is 16.5. The molecule has 0 aromatic carbocycles. The molecule has 0 atom stereocenters. The van der Waals surface area contributed by atoms with Crippen molar-refractivity contribution in [2.75, 3.05) is 44.2 Å². The molecule has 2 heterocycles. The molecule has 1 fully saturated rings. The normalized spacial score (nSPS) is 16.6. The monoisotopic (exact) mass is 294 g/mol. The Hall–Kier alpha value is -1.89. The lowest BCUT2D eigenvalue weighted by Gasteiger charge is -2.21. The highest BCUT2D eigenvalue weighted by Crippen LogP contribution is 2.17. The lowest BCUT2D eigenvalue weighted by Crippen LogP contribution is -2.34. The van der Waals surface area contributed by atoms with Gasteiger partial charge in [0.2, 0.25) is 11.8 Å². The third kappa shape index (κ3) is 4.56. The van der Waals surface area contributed by atoms with Crippen molar-refractivity contribution in [3.05, 3.63) is 11.8 Å². The Labute approximate surface area is 124 Å². The van der Waals surface area contributed by atoms with Crippen LogP contribution in [0, 0.1) is 6.92 Å². The molecule has 0 radical (unpaired) electrons. The summed E-state index contributed by atoms with van der Waals surface area (Å²) in [5, 5.41) is 8.88. The standard InChI is InChI=1S/C14H22N4O3/c1-3-21-12-9-11(2)15-14(16-12)18-6-4-5-17(7-8-18)10-13(19)20/h9H,3-8,10H2,1-2H3,(H,19,20). The Balaban J connectivity index is 2.06. The fourth-order valence-electron chi connectivity index (χ4n) is 2.41. The van der Waals surface area contributed by atoms with Crippen LogP contribution < -0.4 is 9.64 Å². The van der Waals surface area contributed by atoms with Gasteiger partial charge < -0.3 is 14.7 Å². The van der Waals surface area contributed by atoms with Crippen LogP contribution in [-0.4, -0.2) is 65.3 Å². The number of anilines is 1. The van der Waals surface area contributed by atoms with Gasteiger partial charge in [-0.2, -0.15) is 4.98 Å². The van der Waals surface area contributed by atoms with Gasteiger partial charge in [-0.1, -0.05) is 0 Å². The number of aromatic nitrogens is 2. The third-order valence-corrected chi connectivity index (χ3v) is 3.34. The second-order valence-electron chi connectivity index (χ2n) is 5.09. The summed E-state index contributed by atoms with van der Waals surface area (Å²) < 4.78 is 5.46. The lowest BCUT2D eigenvalue weighted by molar-refractivity contribution is -0.138. The van der Waals surface area contributed by atoms with Crippen molar-refractivity contribution in [3.63, 3.8) is 0 Å². The van der Waals surface area contributed by atoms with Crippen LogP contribution in [0.15, 0.2) is 6.07 Å². The molecule has 0 unspecified atom stereocenters. The number of carboxylic acids is 1. The average Bonchev–Trinajstić information content (AvgIpc) is 2.63. The molecular weight excluding hydrogens is 272 g/mol. The molecule has 1 aromatic heterocycles. The summed E-state index contributed by atoms with van der Waals surface area (Å²) in [6, 6.07) is 1.82. The molecule has 21 heavy (non-hydrogen) atoms. The molecule has 1 aliphatic rings. The highest BCUT2D eigenvalue weighted by Gasteiger charge is 2.19. The molecule has 0 spiro atoms. The van der Waals surface area contributed by atoms with E-state index in [9.17, 15) is 4.79 Å². The molecule has 1 aromatic rings. The number of aliphatic carboxylic acids is 1. The number of rotatable bonds is 5. The van der Waals surface area contributed by atoms with Crippen LogP contribution in [0.2, 0.25) is 0 Å². The molecule has 0 aliphatic carbocycles. The van der Waals surface area contributed by atoms with Gasteiger partial charge in [0.15, 0.2) is 0 Å². The van der Waals surface area contributed by atoms with Crippen molar-refractivity contribution in [2.24, 2.45) is 0 Å². The van der Waals surface area contributed by atoms with Crippen LogP contribution in [0.3, 0.4) is 0 Å². The summed E-state index contributed by atoms with van der Waals surface area (Å²) in [6.45, 7) is 7.54. The molecule has 7 heteroatoms. The minimum absolute atomic E-state index is 0.0900. The number of carboxylic acid groups (broad SMARTS) is 1. The number of ether oxygens (including phenoxy) is 1. The first-order chi connectivity index (χ1) is 10.1. The first-order valence-corrected chi connectivity index (χ1v) is 7.26. The Morgan fingerprint density at radius 3 is 2.86 bits per heavy atom. The molecule has 1 N–H and O–H groups in total. The van der Waals surface area contributed by atoms with E-state index in [1.54, 1.807) is 0 Å². The molecule has 116 valence electrons. The zero-order valence-corrected chi connectivity index (χ0v) is 12.6. The van der Waals surface area contributed by atoms with Gasteiger partial charge >= 0.3 is 5.97 Å². The quantitative estimate of drug-likeness (QED) is 0.859. The van der Waals surface area contributed by atoms with Gasteiger partial charge in [0.25, 0.3) is 0 Å². The van der Waals surface area contributed by atoms with E-state index < -0.39 is 5.97 Å². The zero-order valence-electron chi connectivity index (χ0n) is 12.6. The largest absolute Gasteiger partial charge is 0.480 e. The molecule has 0 bridgehead atoms. The van der Waals surface area contributed by atoms with Crippen LogP contribution in [-0.2, 0) is 4.79 Å². The van der Waals surface area contributed by atoms with Crippen molar-refractivity contribution in [1.29, 1.82) is 0 Å².